The highest BCUT2D eigenvalue weighted by molar-refractivity contribution is 4.90. The lowest BCUT2D eigenvalue weighted by molar-refractivity contribution is 0.520. The largest absolute Gasteiger partial charge is 0.340 e. The molecule has 1 N–H and O–H groups in total. The summed E-state index contributed by atoms with van der Waals surface area (Å²) in [4.78, 5) is 3.98. The number of nitrogens with zero attached hydrogens (tertiary/aromatic N) is 2. The van der Waals surface area contributed by atoms with Crippen LogP contribution < -0.4 is 5.32 Å². The van der Waals surface area contributed by atoms with E-state index in [0.717, 1.165) is 5.69 Å². The van der Waals surface area contributed by atoms with Crippen molar-refractivity contribution >= 4 is 0 Å². The zero-order valence-corrected chi connectivity index (χ0v) is 12.6. The molecule has 0 unspecified atom stereocenters. The van der Waals surface area contributed by atoms with Gasteiger partial charge in [-0.1, -0.05) is 34.1 Å². The minimum Gasteiger partial charge on any atom is -0.340 e. The van der Waals surface area contributed by atoms with E-state index in [-0.39, 0.29) is 0 Å². The standard InChI is InChI=1S/C5H8N2.C5H11N.2C2H6/c1-5-3-7(2)4-6-5;1-2-4-6-5-3-1;2*1-2/h3-4H,1-2H3;6H,1-5H2;2*1-2H3. The van der Waals surface area contributed by atoms with Gasteiger partial charge in [-0.15, -0.1) is 0 Å². The van der Waals surface area contributed by atoms with E-state index in [2.05, 4.69) is 10.3 Å². The molecule has 17 heavy (non-hydrogen) atoms. The summed E-state index contributed by atoms with van der Waals surface area (Å²) in [5.74, 6) is 0. The molecule has 3 heteroatoms. The van der Waals surface area contributed by atoms with E-state index in [1.54, 1.807) is 6.33 Å². The summed E-state index contributed by atoms with van der Waals surface area (Å²) in [5.41, 5.74) is 1.07. The maximum Gasteiger partial charge on any atom is 0.0946 e. The molecule has 2 rings (SSSR count). The maximum absolute atomic E-state index is 3.98. The second-order valence-corrected chi connectivity index (χ2v) is 3.49. The van der Waals surface area contributed by atoms with Gasteiger partial charge in [0.25, 0.3) is 0 Å². The smallest absolute Gasteiger partial charge is 0.0946 e. The van der Waals surface area contributed by atoms with Gasteiger partial charge >= 0.3 is 0 Å². The lowest BCUT2D eigenvalue weighted by Gasteiger charge is -2.08. The van der Waals surface area contributed by atoms with Crippen molar-refractivity contribution in [3.05, 3.63) is 18.2 Å². The average Bonchev–Trinajstić information content (AvgIpc) is 2.81. The minimum atomic E-state index is 1.07. The van der Waals surface area contributed by atoms with Crippen LogP contribution in [-0.2, 0) is 7.05 Å². The minimum absolute atomic E-state index is 1.07. The van der Waals surface area contributed by atoms with Gasteiger partial charge in [0.2, 0.25) is 0 Å². The van der Waals surface area contributed by atoms with Crippen molar-refractivity contribution in [2.45, 2.75) is 53.9 Å². The van der Waals surface area contributed by atoms with Crippen LogP contribution in [0.3, 0.4) is 0 Å². The van der Waals surface area contributed by atoms with Crippen LogP contribution in [0.25, 0.3) is 0 Å². The Bertz CT molecular complexity index is 199. The molecule has 0 aliphatic carbocycles. The third-order valence-electron chi connectivity index (χ3n) is 2.04. The second-order valence-electron chi connectivity index (χ2n) is 3.49. The Morgan fingerprint density at radius 2 is 1.59 bits per heavy atom. The molecule has 0 saturated carbocycles. The third kappa shape index (κ3) is 13.1. The van der Waals surface area contributed by atoms with Crippen LogP contribution in [0.4, 0.5) is 0 Å². The lowest BCUT2D eigenvalue weighted by Crippen LogP contribution is -2.21. The number of aryl methyl sites for hydroxylation is 2. The fourth-order valence-electron chi connectivity index (χ4n) is 1.35. The first-order valence-electron chi connectivity index (χ1n) is 6.94. The molecule has 1 aliphatic rings. The molecule has 0 aromatic carbocycles. The van der Waals surface area contributed by atoms with Gasteiger partial charge < -0.3 is 9.88 Å². The number of piperidine rings is 1. The van der Waals surface area contributed by atoms with Gasteiger partial charge in [0, 0.05) is 13.2 Å². The molecule has 1 aliphatic heterocycles. The van der Waals surface area contributed by atoms with E-state index in [4.69, 9.17) is 0 Å². The fraction of sp³-hybridized carbons (Fsp3) is 0.786. The first-order chi connectivity index (χ1) is 8.29. The summed E-state index contributed by atoms with van der Waals surface area (Å²) in [7, 11) is 1.96. The molecule has 0 atom stereocenters. The van der Waals surface area contributed by atoms with E-state index in [1.165, 1.54) is 32.4 Å². The van der Waals surface area contributed by atoms with E-state index in [0.29, 0.717) is 0 Å². The van der Waals surface area contributed by atoms with E-state index >= 15 is 0 Å². The first kappa shape index (κ1) is 18.5. The highest BCUT2D eigenvalue weighted by Crippen LogP contribution is 1.96. The second kappa shape index (κ2) is 15.2. The maximum atomic E-state index is 3.98. The van der Waals surface area contributed by atoms with E-state index < -0.39 is 0 Å². The molecule has 0 amide bonds. The van der Waals surface area contributed by atoms with Gasteiger partial charge in [0.15, 0.2) is 0 Å². The van der Waals surface area contributed by atoms with Crippen molar-refractivity contribution in [2.24, 2.45) is 7.05 Å². The van der Waals surface area contributed by atoms with Gasteiger partial charge in [0.1, 0.15) is 0 Å². The molecule has 1 fully saturated rings. The molecule has 0 spiro atoms. The van der Waals surface area contributed by atoms with Crippen LogP contribution in [0.1, 0.15) is 52.7 Å². The van der Waals surface area contributed by atoms with Crippen LogP contribution in [-0.4, -0.2) is 22.6 Å². The average molecular weight is 241 g/mol. The molecule has 3 nitrogen and oxygen atoms in total. The molecule has 0 radical (unpaired) electrons. The predicted molar refractivity (Wildman–Crippen MR) is 77.4 cm³/mol. The molecule has 102 valence electrons. The summed E-state index contributed by atoms with van der Waals surface area (Å²) >= 11 is 0. The van der Waals surface area contributed by atoms with Gasteiger partial charge in [-0.2, -0.15) is 0 Å². The third-order valence-corrected chi connectivity index (χ3v) is 2.04. The highest BCUT2D eigenvalue weighted by Gasteiger charge is 1.93. The zero-order valence-electron chi connectivity index (χ0n) is 12.6. The number of rotatable bonds is 0. The number of imidazole rings is 1. The number of hydrogen-bond donors (Lipinski definition) is 1. The monoisotopic (exact) mass is 241 g/mol. The van der Waals surface area contributed by atoms with E-state index in [1.807, 2.05) is 52.4 Å². The summed E-state index contributed by atoms with van der Waals surface area (Å²) in [6, 6.07) is 0. The van der Waals surface area contributed by atoms with Crippen LogP contribution in [0.15, 0.2) is 12.5 Å². The number of hydrogen-bond acceptors (Lipinski definition) is 2. The lowest BCUT2D eigenvalue weighted by atomic mass is 10.2. The molecule has 0 bridgehead atoms. The van der Waals surface area contributed by atoms with Crippen molar-refractivity contribution < 1.29 is 0 Å². The van der Waals surface area contributed by atoms with Crippen molar-refractivity contribution in [3.8, 4) is 0 Å². The van der Waals surface area contributed by atoms with Crippen LogP contribution >= 0.6 is 0 Å². The Balaban J connectivity index is 0. The summed E-state index contributed by atoms with van der Waals surface area (Å²) in [6.07, 6.45) is 7.97. The van der Waals surface area contributed by atoms with Crippen LogP contribution in [0.5, 0.6) is 0 Å². The van der Waals surface area contributed by atoms with Crippen molar-refractivity contribution in [3.63, 3.8) is 0 Å². The van der Waals surface area contributed by atoms with Gasteiger partial charge in [0.05, 0.1) is 12.0 Å². The molecular formula is C14H31N3. The van der Waals surface area contributed by atoms with Gasteiger partial charge in [-0.05, 0) is 32.9 Å². The SMILES string of the molecule is C1CCNCC1.CC.CC.Cc1cn(C)cn1. The van der Waals surface area contributed by atoms with Crippen molar-refractivity contribution in [1.29, 1.82) is 0 Å². The summed E-state index contributed by atoms with van der Waals surface area (Å²) < 4.78 is 1.93. The summed E-state index contributed by atoms with van der Waals surface area (Å²) in [5, 5.41) is 3.28. The van der Waals surface area contributed by atoms with Crippen molar-refractivity contribution in [1.82, 2.24) is 14.9 Å². The summed E-state index contributed by atoms with van der Waals surface area (Å²) in [6.45, 7) is 12.5. The van der Waals surface area contributed by atoms with Gasteiger partial charge in [-0.3, -0.25) is 0 Å². The zero-order chi connectivity index (χ0) is 13.5. The Labute approximate surface area is 108 Å². The Morgan fingerprint density at radius 1 is 1.06 bits per heavy atom. The van der Waals surface area contributed by atoms with Crippen LogP contribution in [0, 0.1) is 6.92 Å². The Kier molecular flexibility index (Phi) is 16.5. The van der Waals surface area contributed by atoms with E-state index in [9.17, 15) is 0 Å². The fourth-order valence-corrected chi connectivity index (χ4v) is 1.35. The Morgan fingerprint density at radius 3 is 1.71 bits per heavy atom. The number of nitrogens with one attached hydrogen (secondary N) is 1. The molecule has 1 aromatic heterocycles. The first-order valence-corrected chi connectivity index (χ1v) is 6.94. The Hall–Kier alpha value is -0.830. The van der Waals surface area contributed by atoms with Crippen LogP contribution in [0.2, 0.25) is 0 Å². The predicted octanol–water partition coefficient (Wildman–Crippen LogP) is 3.54. The highest BCUT2D eigenvalue weighted by atomic mass is 15.0. The normalized spacial score (nSPS) is 13.1. The topological polar surface area (TPSA) is 29.9 Å². The number of aromatic nitrogens is 2. The molecule has 2 heterocycles. The van der Waals surface area contributed by atoms with Crippen molar-refractivity contribution in [2.75, 3.05) is 13.1 Å². The molecule has 1 aromatic rings. The molecular weight excluding hydrogens is 210 g/mol. The van der Waals surface area contributed by atoms with Gasteiger partial charge in [-0.25, -0.2) is 4.98 Å². The quantitative estimate of drug-likeness (QED) is 0.753. The molecule has 1 saturated heterocycles.